The third-order valence-electron chi connectivity index (χ3n) is 5.39. The maximum atomic E-state index is 13.4. The molecule has 3 rings (SSSR count). The number of hydrogen-bond acceptors (Lipinski definition) is 3. The Labute approximate surface area is 141 Å². The fourth-order valence-electron chi connectivity index (χ4n) is 3.95. The maximum absolute atomic E-state index is 13.4. The predicted octanol–water partition coefficient (Wildman–Crippen LogP) is 2.92. The topological polar surface area (TPSA) is 61.8 Å². The zero-order valence-electron chi connectivity index (χ0n) is 14.2. The number of hydrogen-bond donors (Lipinski definition) is 2. The molecule has 2 atom stereocenters. The lowest BCUT2D eigenvalue weighted by molar-refractivity contribution is -0.207. The molecule has 2 amide bonds. The molecule has 1 saturated heterocycles. The van der Waals surface area contributed by atoms with Crippen LogP contribution in [0.3, 0.4) is 0 Å². The van der Waals surface area contributed by atoms with Gasteiger partial charge in [-0.15, -0.1) is 0 Å². The van der Waals surface area contributed by atoms with Crippen molar-refractivity contribution in [2.75, 3.05) is 25.0 Å². The SMILES string of the molecule is CCO[C@@H]1C[C@H](O)C12CCN(C(=O)Nc1cc(C)cc(F)c1)CC2. The molecule has 0 bridgehead atoms. The molecule has 5 nitrogen and oxygen atoms in total. The van der Waals surface area contributed by atoms with E-state index in [0.29, 0.717) is 31.8 Å². The number of benzene rings is 1. The Bertz CT molecular complexity index is 592. The smallest absolute Gasteiger partial charge is 0.321 e. The summed E-state index contributed by atoms with van der Waals surface area (Å²) in [4.78, 5) is 14.1. The molecule has 6 heteroatoms. The standard InChI is InChI=1S/C18H25FN2O3/c1-3-24-16-11-15(22)18(16)4-6-21(7-5-18)17(23)20-14-9-12(2)8-13(19)10-14/h8-10,15-16,22H,3-7,11H2,1-2H3,(H,20,23)/t15-,16+/m0/s1. The van der Waals surface area contributed by atoms with E-state index in [2.05, 4.69) is 5.32 Å². The Kier molecular flexibility index (Phi) is 4.78. The summed E-state index contributed by atoms with van der Waals surface area (Å²) < 4.78 is 19.2. The van der Waals surface area contributed by atoms with Crippen molar-refractivity contribution in [1.29, 1.82) is 0 Å². The zero-order chi connectivity index (χ0) is 17.3. The summed E-state index contributed by atoms with van der Waals surface area (Å²) >= 11 is 0. The Morgan fingerprint density at radius 1 is 1.42 bits per heavy atom. The van der Waals surface area contributed by atoms with Gasteiger partial charge in [0.05, 0.1) is 12.2 Å². The lowest BCUT2D eigenvalue weighted by atomic mass is 9.58. The van der Waals surface area contributed by atoms with Gasteiger partial charge in [-0.1, -0.05) is 0 Å². The first kappa shape index (κ1) is 17.2. The monoisotopic (exact) mass is 336 g/mol. The number of nitrogens with zero attached hydrogens (tertiary/aromatic N) is 1. The molecule has 1 aliphatic carbocycles. The van der Waals surface area contributed by atoms with Crippen molar-refractivity contribution in [3.63, 3.8) is 0 Å². The number of nitrogens with one attached hydrogen (secondary N) is 1. The Balaban J connectivity index is 1.59. The van der Waals surface area contributed by atoms with Crippen LogP contribution in [-0.2, 0) is 4.74 Å². The summed E-state index contributed by atoms with van der Waals surface area (Å²) in [6.45, 7) is 5.53. The number of amides is 2. The number of piperidine rings is 1. The Hall–Kier alpha value is -1.66. The molecule has 1 aromatic carbocycles. The van der Waals surface area contributed by atoms with Crippen molar-refractivity contribution in [1.82, 2.24) is 4.90 Å². The van der Waals surface area contributed by atoms with Gasteiger partial charge in [0.15, 0.2) is 0 Å². The zero-order valence-corrected chi connectivity index (χ0v) is 14.2. The second kappa shape index (κ2) is 6.69. The molecule has 132 valence electrons. The van der Waals surface area contributed by atoms with Crippen molar-refractivity contribution in [3.05, 3.63) is 29.6 Å². The van der Waals surface area contributed by atoms with E-state index in [1.54, 1.807) is 17.9 Å². The summed E-state index contributed by atoms with van der Waals surface area (Å²) in [6.07, 6.45) is 1.89. The molecule has 1 saturated carbocycles. The van der Waals surface area contributed by atoms with E-state index in [1.807, 2.05) is 6.92 Å². The maximum Gasteiger partial charge on any atom is 0.321 e. The molecule has 0 unspecified atom stereocenters. The van der Waals surface area contributed by atoms with Crippen LogP contribution in [0.15, 0.2) is 18.2 Å². The van der Waals surface area contributed by atoms with Gasteiger partial charge in [0.2, 0.25) is 0 Å². The summed E-state index contributed by atoms with van der Waals surface area (Å²) in [5.74, 6) is -0.361. The summed E-state index contributed by atoms with van der Waals surface area (Å²) in [5, 5.41) is 13.0. The Morgan fingerprint density at radius 3 is 2.71 bits per heavy atom. The minimum absolute atomic E-state index is 0.0913. The molecule has 1 spiro atoms. The fraction of sp³-hybridized carbons (Fsp3) is 0.611. The quantitative estimate of drug-likeness (QED) is 0.892. The molecular weight excluding hydrogens is 311 g/mol. The molecule has 24 heavy (non-hydrogen) atoms. The first-order valence-electron chi connectivity index (χ1n) is 8.57. The predicted molar refractivity (Wildman–Crippen MR) is 89.4 cm³/mol. The van der Waals surface area contributed by atoms with Crippen LogP contribution in [0.5, 0.6) is 0 Å². The second-order valence-corrected chi connectivity index (χ2v) is 6.86. The number of urea groups is 1. The normalized spacial score (nSPS) is 25.4. The second-order valence-electron chi connectivity index (χ2n) is 6.86. The van der Waals surface area contributed by atoms with Crippen molar-refractivity contribution in [2.45, 2.75) is 45.3 Å². The van der Waals surface area contributed by atoms with Gasteiger partial charge < -0.3 is 20.1 Å². The van der Waals surface area contributed by atoms with Gasteiger partial charge in [0, 0.05) is 37.2 Å². The van der Waals surface area contributed by atoms with Gasteiger partial charge in [-0.2, -0.15) is 0 Å². The van der Waals surface area contributed by atoms with Gasteiger partial charge in [-0.05, 0) is 50.5 Å². The largest absolute Gasteiger partial charge is 0.392 e. The van der Waals surface area contributed by atoms with Crippen molar-refractivity contribution >= 4 is 11.7 Å². The van der Waals surface area contributed by atoms with E-state index in [4.69, 9.17) is 4.74 Å². The molecule has 1 aromatic rings. The molecule has 0 radical (unpaired) electrons. The Morgan fingerprint density at radius 2 is 2.12 bits per heavy atom. The number of aryl methyl sites for hydroxylation is 1. The first-order chi connectivity index (χ1) is 11.4. The number of carbonyl (C=O) groups excluding carboxylic acids is 1. The average Bonchev–Trinajstić information content (AvgIpc) is 2.54. The van der Waals surface area contributed by atoms with E-state index in [0.717, 1.165) is 18.4 Å². The highest BCUT2D eigenvalue weighted by Gasteiger charge is 2.56. The molecule has 2 aliphatic rings. The minimum Gasteiger partial charge on any atom is -0.392 e. The number of anilines is 1. The lowest BCUT2D eigenvalue weighted by Gasteiger charge is -2.56. The summed E-state index contributed by atoms with van der Waals surface area (Å²) in [7, 11) is 0. The number of aliphatic hydroxyl groups is 1. The van der Waals surface area contributed by atoms with E-state index >= 15 is 0 Å². The van der Waals surface area contributed by atoms with Gasteiger partial charge >= 0.3 is 6.03 Å². The number of rotatable bonds is 3. The van der Waals surface area contributed by atoms with Crippen LogP contribution in [0.25, 0.3) is 0 Å². The number of aliphatic hydroxyl groups excluding tert-OH is 1. The van der Waals surface area contributed by atoms with E-state index < -0.39 is 0 Å². The average molecular weight is 336 g/mol. The number of ether oxygens (including phenoxy) is 1. The van der Waals surface area contributed by atoms with Crippen molar-refractivity contribution in [2.24, 2.45) is 5.41 Å². The lowest BCUT2D eigenvalue weighted by Crippen LogP contribution is -2.63. The number of likely N-dealkylation sites (tertiary alicyclic amines) is 1. The minimum atomic E-state index is -0.361. The van der Waals surface area contributed by atoms with Gasteiger partial charge in [-0.25, -0.2) is 9.18 Å². The molecular formula is C18H25FN2O3. The molecule has 1 heterocycles. The third kappa shape index (κ3) is 3.13. The highest BCUT2D eigenvalue weighted by Crippen LogP contribution is 2.50. The molecule has 1 aliphatic heterocycles. The van der Waals surface area contributed by atoms with E-state index in [1.165, 1.54) is 12.1 Å². The molecule has 2 fully saturated rings. The highest BCUT2D eigenvalue weighted by atomic mass is 19.1. The summed E-state index contributed by atoms with van der Waals surface area (Å²) in [5.41, 5.74) is 1.02. The van der Waals surface area contributed by atoms with Crippen molar-refractivity contribution < 1.29 is 19.0 Å². The molecule has 2 N–H and O–H groups in total. The highest BCUT2D eigenvalue weighted by molar-refractivity contribution is 5.89. The number of halogens is 1. The number of carbonyl (C=O) groups is 1. The third-order valence-corrected chi connectivity index (χ3v) is 5.39. The van der Waals surface area contributed by atoms with Crippen LogP contribution >= 0.6 is 0 Å². The van der Waals surface area contributed by atoms with Crippen LogP contribution in [-0.4, -0.2) is 47.9 Å². The fourth-order valence-corrected chi connectivity index (χ4v) is 3.95. The first-order valence-corrected chi connectivity index (χ1v) is 8.57. The van der Waals surface area contributed by atoms with E-state index in [9.17, 15) is 14.3 Å². The van der Waals surface area contributed by atoms with Gasteiger partial charge in [0.25, 0.3) is 0 Å². The van der Waals surface area contributed by atoms with E-state index in [-0.39, 0.29) is 29.5 Å². The summed E-state index contributed by atoms with van der Waals surface area (Å²) in [6, 6.07) is 4.26. The van der Waals surface area contributed by atoms with Crippen LogP contribution in [0.1, 0.15) is 31.7 Å². The van der Waals surface area contributed by atoms with Crippen LogP contribution in [0, 0.1) is 18.2 Å². The van der Waals surface area contributed by atoms with Crippen LogP contribution in [0.2, 0.25) is 0 Å². The van der Waals surface area contributed by atoms with Gasteiger partial charge in [0.1, 0.15) is 5.82 Å². The van der Waals surface area contributed by atoms with Gasteiger partial charge in [-0.3, -0.25) is 0 Å². The van der Waals surface area contributed by atoms with Crippen molar-refractivity contribution in [3.8, 4) is 0 Å². The van der Waals surface area contributed by atoms with Crippen LogP contribution in [0.4, 0.5) is 14.9 Å². The molecule has 0 aromatic heterocycles. The van der Waals surface area contributed by atoms with Crippen LogP contribution < -0.4 is 5.32 Å².